The molecule has 0 saturated heterocycles. The molecule has 0 aliphatic heterocycles. The highest BCUT2D eigenvalue weighted by Gasteiger charge is 2.61. The first-order chi connectivity index (χ1) is 14.5. The molecule has 0 N–H and O–H groups in total. The molecule has 0 heterocycles. The van der Waals surface area contributed by atoms with Crippen LogP contribution in [0.2, 0.25) is 0 Å². The molecule has 4 aliphatic rings. The normalized spacial score (nSPS) is 47.5. The molecule has 4 aliphatic carbocycles. The molecule has 0 aromatic rings. The molecule has 4 saturated carbocycles. The number of hydrogen-bond acceptors (Lipinski definition) is 1. The Hall–Kier alpha value is -0.590. The lowest BCUT2D eigenvalue weighted by Crippen LogP contribution is -2.55. The Balaban J connectivity index is 1.54. The summed E-state index contributed by atoms with van der Waals surface area (Å²) < 4.78 is 0. The summed E-state index contributed by atoms with van der Waals surface area (Å²) in [6.45, 7) is 19.5. The van der Waals surface area contributed by atoms with Gasteiger partial charge in [0.1, 0.15) is 5.78 Å². The fourth-order valence-corrected chi connectivity index (χ4v) is 9.63. The number of hydrogen-bond donors (Lipinski definition) is 0. The van der Waals surface area contributed by atoms with Gasteiger partial charge in [0.15, 0.2) is 0 Å². The first kappa shape index (κ1) is 23.6. The Morgan fingerprint density at radius 3 is 2.23 bits per heavy atom. The van der Waals surface area contributed by atoms with Gasteiger partial charge < -0.3 is 0 Å². The van der Waals surface area contributed by atoms with E-state index in [1.807, 2.05) is 0 Å². The van der Waals surface area contributed by atoms with E-state index >= 15 is 0 Å². The lowest BCUT2D eigenvalue weighted by Gasteiger charge is -2.61. The van der Waals surface area contributed by atoms with Crippen LogP contribution in [-0.2, 0) is 4.79 Å². The van der Waals surface area contributed by atoms with Gasteiger partial charge in [-0.3, -0.25) is 4.79 Å². The third-order valence-corrected chi connectivity index (χ3v) is 11.9. The van der Waals surface area contributed by atoms with Crippen LogP contribution in [0.25, 0.3) is 0 Å². The van der Waals surface area contributed by atoms with E-state index in [0.717, 1.165) is 36.0 Å². The van der Waals surface area contributed by atoms with Crippen LogP contribution in [0.3, 0.4) is 0 Å². The largest absolute Gasteiger partial charge is 0.299 e. The quantitative estimate of drug-likeness (QED) is 0.413. The molecule has 0 spiro atoms. The van der Waals surface area contributed by atoms with E-state index < -0.39 is 0 Å². The van der Waals surface area contributed by atoms with Crippen molar-refractivity contribution in [3.8, 4) is 0 Å². The summed E-state index contributed by atoms with van der Waals surface area (Å²) in [6.07, 6.45) is 13.1. The van der Waals surface area contributed by atoms with Crippen LogP contribution in [0.5, 0.6) is 0 Å². The fourth-order valence-electron chi connectivity index (χ4n) is 9.63. The van der Waals surface area contributed by atoms with Gasteiger partial charge in [-0.05, 0) is 110 Å². The van der Waals surface area contributed by atoms with Gasteiger partial charge >= 0.3 is 0 Å². The summed E-state index contributed by atoms with van der Waals surface area (Å²) in [5, 5.41) is 0. The number of carbonyl (C=O) groups is 1. The molecule has 176 valence electrons. The van der Waals surface area contributed by atoms with Crippen molar-refractivity contribution in [2.45, 2.75) is 107 Å². The van der Waals surface area contributed by atoms with Crippen molar-refractivity contribution < 1.29 is 4.79 Å². The highest BCUT2D eigenvalue weighted by molar-refractivity contribution is 5.82. The van der Waals surface area contributed by atoms with Crippen molar-refractivity contribution in [2.24, 2.45) is 64.1 Å². The molecule has 1 heteroatoms. The molecular formula is C30H50O. The van der Waals surface area contributed by atoms with E-state index in [9.17, 15) is 4.79 Å². The van der Waals surface area contributed by atoms with Crippen molar-refractivity contribution in [1.29, 1.82) is 0 Å². The molecule has 0 bridgehead atoms. The number of fused-ring (bicyclic) bond motifs is 5. The smallest absolute Gasteiger partial charge is 0.136 e. The van der Waals surface area contributed by atoms with Gasteiger partial charge in [-0.1, -0.05) is 60.1 Å². The third-order valence-electron chi connectivity index (χ3n) is 11.9. The molecule has 0 unspecified atom stereocenters. The summed E-state index contributed by atoms with van der Waals surface area (Å²) in [6, 6.07) is 0. The second-order valence-corrected chi connectivity index (χ2v) is 13.4. The number of Topliss-reactive ketones (excluding diaryl/α,β-unsaturated/α-hetero) is 1. The van der Waals surface area contributed by atoms with Crippen molar-refractivity contribution in [1.82, 2.24) is 0 Å². The second-order valence-electron chi connectivity index (χ2n) is 13.4. The molecule has 1 nitrogen and oxygen atoms in total. The number of rotatable bonds is 4. The summed E-state index contributed by atoms with van der Waals surface area (Å²) in [5.41, 5.74) is 2.56. The monoisotopic (exact) mass is 426 g/mol. The topological polar surface area (TPSA) is 17.1 Å². The van der Waals surface area contributed by atoms with Crippen LogP contribution in [0, 0.1) is 64.1 Å². The second kappa shape index (κ2) is 8.32. The van der Waals surface area contributed by atoms with E-state index in [2.05, 4.69) is 61.5 Å². The van der Waals surface area contributed by atoms with Gasteiger partial charge in [0.2, 0.25) is 0 Å². The van der Waals surface area contributed by atoms with E-state index in [1.54, 1.807) is 5.57 Å². The summed E-state index contributed by atoms with van der Waals surface area (Å²) in [7, 11) is 0. The zero-order valence-electron chi connectivity index (χ0n) is 21.8. The molecule has 4 fully saturated rings. The maximum absolute atomic E-state index is 12.5. The van der Waals surface area contributed by atoms with Gasteiger partial charge in [0.05, 0.1) is 0 Å². The maximum Gasteiger partial charge on any atom is 0.136 e. The van der Waals surface area contributed by atoms with Crippen LogP contribution in [0.1, 0.15) is 107 Å². The molecule has 10 atom stereocenters. The first-order valence-corrected chi connectivity index (χ1v) is 13.7. The predicted molar refractivity (Wildman–Crippen MR) is 132 cm³/mol. The zero-order chi connectivity index (χ0) is 22.7. The Morgan fingerprint density at radius 1 is 0.903 bits per heavy atom. The Bertz CT molecular complexity index is 718. The Labute approximate surface area is 193 Å². The maximum atomic E-state index is 12.5. The minimum absolute atomic E-state index is 0.306. The highest BCUT2D eigenvalue weighted by atomic mass is 16.1. The minimum Gasteiger partial charge on any atom is -0.299 e. The highest BCUT2D eigenvalue weighted by Crippen LogP contribution is 2.68. The molecule has 0 radical (unpaired) electrons. The number of allylic oxidation sites excluding steroid dienone is 2. The standard InChI is InChI=1S/C30H50O/c1-18(2)21(5)19(3)17-20(4)24-11-12-26-23-9-10-25-22(6)28(31)14-16-30(25,8)27(23)13-15-29(24,26)7/h17-18,20-27H,9-16H2,1-8H3/b19-17+/t20-,21-,22+,23+,24-,25+,26+,27-,29-,30+/m1/s1. The zero-order valence-corrected chi connectivity index (χ0v) is 21.8. The number of carbonyl (C=O) groups excluding carboxylic acids is 1. The summed E-state index contributed by atoms with van der Waals surface area (Å²) >= 11 is 0. The van der Waals surface area contributed by atoms with Crippen LogP contribution in [-0.4, -0.2) is 5.78 Å². The molecule has 0 aromatic carbocycles. The molecule has 31 heavy (non-hydrogen) atoms. The predicted octanol–water partition coefficient (Wildman–Crippen LogP) is 8.33. The van der Waals surface area contributed by atoms with Gasteiger partial charge in [0.25, 0.3) is 0 Å². The molecular weight excluding hydrogens is 376 g/mol. The average Bonchev–Trinajstić information content (AvgIpc) is 3.07. The van der Waals surface area contributed by atoms with Crippen LogP contribution < -0.4 is 0 Å². The summed E-state index contributed by atoms with van der Waals surface area (Å²) in [4.78, 5) is 12.5. The lowest BCUT2D eigenvalue weighted by molar-refractivity contribution is -0.150. The van der Waals surface area contributed by atoms with Gasteiger partial charge in [-0.25, -0.2) is 0 Å². The average molecular weight is 427 g/mol. The van der Waals surface area contributed by atoms with E-state index in [4.69, 9.17) is 0 Å². The molecule has 4 rings (SSSR count). The first-order valence-electron chi connectivity index (χ1n) is 13.7. The minimum atomic E-state index is 0.306. The van der Waals surface area contributed by atoms with Crippen molar-refractivity contribution >= 4 is 5.78 Å². The van der Waals surface area contributed by atoms with Crippen LogP contribution in [0.4, 0.5) is 0 Å². The van der Waals surface area contributed by atoms with Gasteiger partial charge in [-0.15, -0.1) is 0 Å². The third kappa shape index (κ3) is 3.69. The van der Waals surface area contributed by atoms with Crippen LogP contribution in [0.15, 0.2) is 11.6 Å². The van der Waals surface area contributed by atoms with Crippen molar-refractivity contribution in [2.75, 3.05) is 0 Å². The van der Waals surface area contributed by atoms with Gasteiger partial charge in [0, 0.05) is 12.3 Å². The Kier molecular flexibility index (Phi) is 6.33. The Morgan fingerprint density at radius 2 is 1.55 bits per heavy atom. The molecule has 0 aromatic heterocycles. The van der Waals surface area contributed by atoms with Crippen molar-refractivity contribution in [3.05, 3.63) is 11.6 Å². The number of ketones is 1. The van der Waals surface area contributed by atoms with Crippen molar-refractivity contribution in [3.63, 3.8) is 0 Å². The lowest BCUT2D eigenvalue weighted by atomic mass is 9.43. The van der Waals surface area contributed by atoms with Gasteiger partial charge in [-0.2, -0.15) is 0 Å². The van der Waals surface area contributed by atoms with Crippen LogP contribution >= 0.6 is 0 Å². The SMILES string of the molecule is C/C(=C\[C@@H](C)[C@H]1CC[C@H]2[C@@H]3CC[C@H]4[C@H](C)C(=O)CC[C@]4(C)[C@@H]3CC[C@]12C)[C@H](C)C(C)C. The molecule has 0 amide bonds. The summed E-state index contributed by atoms with van der Waals surface area (Å²) in [5.74, 6) is 7.18. The van der Waals surface area contributed by atoms with E-state index in [0.29, 0.717) is 40.3 Å². The fraction of sp³-hybridized carbons (Fsp3) is 0.900. The van der Waals surface area contributed by atoms with E-state index in [-0.39, 0.29) is 0 Å². The van der Waals surface area contributed by atoms with E-state index in [1.165, 1.54) is 44.9 Å².